The molecule has 0 aromatic carbocycles. The van der Waals surface area contributed by atoms with Crippen molar-refractivity contribution in [1.29, 1.82) is 0 Å². The van der Waals surface area contributed by atoms with Crippen LogP contribution < -0.4 is 0 Å². The number of hydrogen-bond acceptors (Lipinski definition) is 4. The molecule has 4 nitrogen and oxygen atoms in total. The Hall–Kier alpha value is -1.06. The van der Waals surface area contributed by atoms with Gasteiger partial charge in [-0.1, -0.05) is 34.1 Å². The summed E-state index contributed by atoms with van der Waals surface area (Å²) in [6.45, 7) is 8.08. The SMILES string of the molecule is CCCCC(=O)O[C@H](CC)C(=O)OCC(C)C. The molecule has 4 heteroatoms. The first-order valence-electron chi connectivity index (χ1n) is 6.37. The van der Waals surface area contributed by atoms with Crippen LogP contribution in [0.4, 0.5) is 0 Å². The lowest BCUT2D eigenvalue weighted by Crippen LogP contribution is -2.29. The van der Waals surface area contributed by atoms with E-state index in [1.807, 2.05) is 20.8 Å². The summed E-state index contributed by atoms with van der Waals surface area (Å²) < 4.78 is 10.1. The summed E-state index contributed by atoms with van der Waals surface area (Å²) >= 11 is 0. The zero-order valence-electron chi connectivity index (χ0n) is 11.3. The molecule has 0 aliphatic rings. The summed E-state index contributed by atoms with van der Waals surface area (Å²) in [7, 11) is 0. The van der Waals surface area contributed by atoms with E-state index >= 15 is 0 Å². The fraction of sp³-hybridized carbons (Fsp3) is 0.846. The lowest BCUT2D eigenvalue weighted by atomic mass is 10.2. The molecule has 0 aromatic rings. The third-order valence-corrected chi connectivity index (χ3v) is 2.20. The van der Waals surface area contributed by atoms with Crippen molar-refractivity contribution in [3.8, 4) is 0 Å². The highest BCUT2D eigenvalue weighted by Gasteiger charge is 2.22. The van der Waals surface area contributed by atoms with Crippen molar-refractivity contribution >= 4 is 11.9 Å². The summed E-state index contributed by atoms with van der Waals surface area (Å²) in [4.78, 5) is 23.0. The highest BCUT2D eigenvalue weighted by molar-refractivity contribution is 5.79. The molecule has 0 amide bonds. The van der Waals surface area contributed by atoms with Gasteiger partial charge in [0.1, 0.15) is 0 Å². The Labute approximate surface area is 104 Å². The smallest absolute Gasteiger partial charge is 0.347 e. The second-order valence-electron chi connectivity index (χ2n) is 4.51. The maximum Gasteiger partial charge on any atom is 0.347 e. The van der Waals surface area contributed by atoms with E-state index in [0.717, 1.165) is 12.8 Å². The molecule has 0 aliphatic carbocycles. The first-order chi connectivity index (χ1) is 8.01. The van der Waals surface area contributed by atoms with Gasteiger partial charge in [0.15, 0.2) is 6.10 Å². The molecular weight excluding hydrogens is 220 g/mol. The average molecular weight is 244 g/mol. The molecule has 0 saturated heterocycles. The van der Waals surface area contributed by atoms with Crippen molar-refractivity contribution in [3.63, 3.8) is 0 Å². The topological polar surface area (TPSA) is 52.6 Å². The first kappa shape index (κ1) is 15.9. The molecule has 1 atom stereocenters. The fourth-order valence-electron chi connectivity index (χ4n) is 1.18. The highest BCUT2D eigenvalue weighted by Crippen LogP contribution is 2.06. The number of carbonyl (C=O) groups excluding carboxylic acids is 2. The standard InChI is InChI=1S/C13H24O4/c1-5-7-8-12(14)17-11(6-2)13(15)16-9-10(3)4/h10-11H,5-9H2,1-4H3/t11-/m1/s1. The molecule has 17 heavy (non-hydrogen) atoms. The van der Waals surface area contributed by atoms with Crippen molar-refractivity contribution in [1.82, 2.24) is 0 Å². The van der Waals surface area contributed by atoms with Crippen LogP contribution in [-0.4, -0.2) is 24.6 Å². The molecule has 0 bridgehead atoms. The van der Waals surface area contributed by atoms with E-state index < -0.39 is 12.1 Å². The predicted molar refractivity (Wildman–Crippen MR) is 65.5 cm³/mol. The van der Waals surface area contributed by atoms with E-state index in [0.29, 0.717) is 19.4 Å². The van der Waals surface area contributed by atoms with Gasteiger partial charge in [0, 0.05) is 6.42 Å². The zero-order chi connectivity index (χ0) is 13.3. The van der Waals surface area contributed by atoms with Crippen LogP contribution in [0.5, 0.6) is 0 Å². The normalized spacial score (nSPS) is 12.3. The van der Waals surface area contributed by atoms with Gasteiger partial charge in [-0.25, -0.2) is 4.79 Å². The van der Waals surface area contributed by atoms with Crippen LogP contribution in [0.2, 0.25) is 0 Å². The minimum atomic E-state index is -0.752. The van der Waals surface area contributed by atoms with Gasteiger partial charge < -0.3 is 9.47 Å². The molecule has 0 N–H and O–H groups in total. The number of esters is 2. The zero-order valence-corrected chi connectivity index (χ0v) is 11.3. The number of rotatable bonds is 8. The lowest BCUT2D eigenvalue weighted by Gasteiger charge is -2.16. The molecule has 0 radical (unpaired) electrons. The fourth-order valence-corrected chi connectivity index (χ4v) is 1.18. The van der Waals surface area contributed by atoms with Gasteiger partial charge in [-0.05, 0) is 18.8 Å². The minimum absolute atomic E-state index is 0.284. The second kappa shape index (κ2) is 9.02. The first-order valence-corrected chi connectivity index (χ1v) is 6.37. The van der Waals surface area contributed by atoms with Crippen molar-refractivity contribution < 1.29 is 19.1 Å². The molecule has 0 spiro atoms. The molecular formula is C13H24O4. The third-order valence-electron chi connectivity index (χ3n) is 2.20. The van der Waals surface area contributed by atoms with Crippen LogP contribution in [0, 0.1) is 5.92 Å². The maximum atomic E-state index is 11.6. The Morgan fingerprint density at radius 2 is 1.82 bits per heavy atom. The van der Waals surface area contributed by atoms with Gasteiger partial charge in [0.25, 0.3) is 0 Å². The molecule has 0 fully saturated rings. The number of ether oxygens (including phenoxy) is 2. The summed E-state index contributed by atoms with van der Waals surface area (Å²) in [5.41, 5.74) is 0. The van der Waals surface area contributed by atoms with Gasteiger partial charge in [0.2, 0.25) is 0 Å². The number of hydrogen-bond donors (Lipinski definition) is 0. The van der Waals surface area contributed by atoms with E-state index in [1.54, 1.807) is 6.92 Å². The lowest BCUT2D eigenvalue weighted by molar-refractivity contribution is -0.168. The Kier molecular flexibility index (Phi) is 8.46. The van der Waals surface area contributed by atoms with Crippen molar-refractivity contribution in [3.05, 3.63) is 0 Å². The Balaban J connectivity index is 4.04. The minimum Gasteiger partial charge on any atom is -0.463 e. The van der Waals surface area contributed by atoms with E-state index in [1.165, 1.54) is 0 Å². The summed E-state index contributed by atoms with van der Waals surface area (Å²) in [5.74, 6) is -0.474. The van der Waals surface area contributed by atoms with Crippen LogP contribution in [0.25, 0.3) is 0 Å². The van der Waals surface area contributed by atoms with Crippen LogP contribution in [0.15, 0.2) is 0 Å². The van der Waals surface area contributed by atoms with Gasteiger partial charge in [0.05, 0.1) is 6.61 Å². The molecule has 0 aromatic heterocycles. The van der Waals surface area contributed by atoms with Gasteiger partial charge in [-0.3, -0.25) is 4.79 Å². The van der Waals surface area contributed by atoms with Gasteiger partial charge in [-0.2, -0.15) is 0 Å². The molecule has 0 saturated carbocycles. The summed E-state index contributed by atoms with van der Waals surface area (Å²) in [5, 5.41) is 0. The summed E-state index contributed by atoms with van der Waals surface area (Å²) in [6.07, 6.45) is 1.79. The Bertz CT molecular complexity index is 236. The maximum absolute atomic E-state index is 11.6. The molecule has 0 rings (SSSR count). The van der Waals surface area contributed by atoms with Crippen molar-refractivity contribution in [2.75, 3.05) is 6.61 Å². The Morgan fingerprint density at radius 1 is 1.18 bits per heavy atom. The van der Waals surface area contributed by atoms with Gasteiger partial charge >= 0.3 is 11.9 Å². The van der Waals surface area contributed by atoms with Crippen LogP contribution >= 0.6 is 0 Å². The molecule has 0 unspecified atom stereocenters. The quantitative estimate of drug-likeness (QED) is 0.616. The summed E-state index contributed by atoms with van der Waals surface area (Å²) in [6, 6.07) is 0. The Morgan fingerprint density at radius 3 is 2.29 bits per heavy atom. The van der Waals surface area contributed by atoms with Crippen molar-refractivity contribution in [2.45, 2.75) is 59.5 Å². The van der Waals surface area contributed by atoms with Crippen LogP contribution in [0.1, 0.15) is 53.4 Å². The van der Waals surface area contributed by atoms with E-state index in [4.69, 9.17) is 9.47 Å². The molecule has 0 aliphatic heterocycles. The van der Waals surface area contributed by atoms with Gasteiger partial charge in [-0.15, -0.1) is 0 Å². The third kappa shape index (κ3) is 7.77. The predicted octanol–water partition coefficient (Wildman–Crippen LogP) is 2.70. The second-order valence-corrected chi connectivity index (χ2v) is 4.51. The average Bonchev–Trinajstić information content (AvgIpc) is 2.30. The van der Waals surface area contributed by atoms with Crippen LogP contribution in [0.3, 0.4) is 0 Å². The highest BCUT2D eigenvalue weighted by atomic mass is 16.6. The molecule has 100 valence electrons. The largest absolute Gasteiger partial charge is 0.463 e. The number of unbranched alkanes of at least 4 members (excludes halogenated alkanes) is 1. The molecule has 0 heterocycles. The monoisotopic (exact) mass is 244 g/mol. The number of carbonyl (C=O) groups is 2. The van der Waals surface area contributed by atoms with E-state index in [-0.39, 0.29) is 11.9 Å². The van der Waals surface area contributed by atoms with E-state index in [2.05, 4.69) is 0 Å². The van der Waals surface area contributed by atoms with Crippen LogP contribution in [-0.2, 0) is 19.1 Å². The van der Waals surface area contributed by atoms with E-state index in [9.17, 15) is 9.59 Å². The van der Waals surface area contributed by atoms with Crippen molar-refractivity contribution in [2.24, 2.45) is 5.92 Å².